The number of nitrogens with zero attached hydrogens (tertiary/aromatic N) is 2. The molecule has 1 aliphatic rings. The van der Waals surface area contributed by atoms with Crippen molar-refractivity contribution in [3.63, 3.8) is 0 Å². The standard InChI is InChI=1S/C25H34N4O/c1-3-26-25(27-17-20(2)23-12-8-5-9-13-23)28-18-22-16-24(30)29(19-22)15-14-21-10-6-4-7-11-21/h4-13,20,22H,3,14-19H2,1-2H3,(H2,26,27,28). The predicted molar refractivity (Wildman–Crippen MR) is 124 cm³/mol. The lowest BCUT2D eigenvalue weighted by atomic mass is 10.0. The third-order valence-corrected chi connectivity index (χ3v) is 5.60. The highest BCUT2D eigenvalue weighted by atomic mass is 16.2. The number of benzene rings is 2. The molecule has 3 rings (SSSR count). The molecule has 2 aromatic rings. The van der Waals surface area contributed by atoms with Crippen LogP contribution in [0, 0.1) is 5.92 Å². The van der Waals surface area contributed by atoms with Gasteiger partial charge in [-0.05, 0) is 24.5 Å². The summed E-state index contributed by atoms with van der Waals surface area (Å²) in [5, 5.41) is 6.77. The van der Waals surface area contributed by atoms with Crippen LogP contribution in [-0.4, -0.2) is 49.5 Å². The summed E-state index contributed by atoms with van der Waals surface area (Å²) < 4.78 is 0. The Labute approximate surface area is 180 Å². The van der Waals surface area contributed by atoms with Crippen molar-refractivity contribution in [2.75, 3.05) is 32.7 Å². The van der Waals surface area contributed by atoms with Crippen LogP contribution in [-0.2, 0) is 11.2 Å². The summed E-state index contributed by atoms with van der Waals surface area (Å²) in [5.74, 6) is 1.78. The van der Waals surface area contributed by atoms with Crippen molar-refractivity contribution in [3.8, 4) is 0 Å². The van der Waals surface area contributed by atoms with Crippen LogP contribution in [0.3, 0.4) is 0 Å². The molecule has 30 heavy (non-hydrogen) atoms. The van der Waals surface area contributed by atoms with Gasteiger partial charge in [0.05, 0.1) is 0 Å². The lowest BCUT2D eigenvalue weighted by molar-refractivity contribution is -0.127. The van der Waals surface area contributed by atoms with E-state index in [9.17, 15) is 4.79 Å². The Morgan fingerprint density at radius 2 is 1.80 bits per heavy atom. The van der Waals surface area contributed by atoms with Crippen molar-refractivity contribution in [3.05, 3.63) is 71.8 Å². The van der Waals surface area contributed by atoms with Gasteiger partial charge in [0, 0.05) is 51.0 Å². The van der Waals surface area contributed by atoms with Gasteiger partial charge in [-0.2, -0.15) is 0 Å². The van der Waals surface area contributed by atoms with Crippen LogP contribution in [0.2, 0.25) is 0 Å². The summed E-state index contributed by atoms with van der Waals surface area (Å²) in [6, 6.07) is 20.8. The number of aliphatic imine (C=N–C) groups is 1. The summed E-state index contributed by atoms with van der Waals surface area (Å²) in [4.78, 5) is 19.2. The number of guanidine groups is 1. The van der Waals surface area contributed by atoms with E-state index < -0.39 is 0 Å². The second-order valence-corrected chi connectivity index (χ2v) is 8.06. The Bertz CT molecular complexity index is 806. The molecule has 5 nitrogen and oxygen atoms in total. The third kappa shape index (κ3) is 6.61. The summed E-state index contributed by atoms with van der Waals surface area (Å²) in [7, 11) is 0. The fourth-order valence-corrected chi connectivity index (χ4v) is 3.81. The van der Waals surface area contributed by atoms with Gasteiger partial charge in [-0.25, -0.2) is 0 Å². The number of carbonyl (C=O) groups is 1. The summed E-state index contributed by atoms with van der Waals surface area (Å²) in [5.41, 5.74) is 2.58. The van der Waals surface area contributed by atoms with Crippen LogP contribution in [0.5, 0.6) is 0 Å². The van der Waals surface area contributed by atoms with E-state index in [2.05, 4.69) is 60.9 Å². The fourth-order valence-electron chi connectivity index (χ4n) is 3.81. The first kappa shape index (κ1) is 21.9. The van der Waals surface area contributed by atoms with Gasteiger partial charge in [0.15, 0.2) is 5.96 Å². The third-order valence-electron chi connectivity index (χ3n) is 5.60. The maximum Gasteiger partial charge on any atom is 0.223 e. The minimum Gasteiger partial charge on any atom is -0.357 e. The van der Waals surface area contributed by atoms with E-state index in [1.54, 1.807) is 0 Å². The molecule has 2 aromatic carbocycles. The van der Waals surface area contributed by atoms with E-state index in [0.29, 0.717) is 18.3 Å². The molecule has 0 spiro atoms. The quantitative estimate of drug-likeness (QED) is 0.495. The van der Waals surface area contributed by atoms with E-state index in [4.69, 9.17) is 4.99 Å². The Morgan fingerprint density at radius 1 is 1.10 bits per heavy atom. The molecule has 1 amide bonds. The van der Waals surface area contributed by atoms with Crippen molar-refractivity contribution < 1.29 is 4.79 Å². The Morgan fingerprint density at radius 3 is 2.50 bits per heavy atom. The molecule has 0 aromatic heterocycles. The zero-order valence-corrected chi connectivity index (χ0v) is 18.2. The molecule has 0 saturated carbocycles. The van der Waals surface area contributed by atoms with Crippen molar-refractivity contribution in [1.82, 2.24) is 15.5 Å². The van der Waals surface area contributed by atoms with Crippen LogP contribution >= 0.6 is 0 Å². The average molecular weight is 407 g/mol. The van der Waals surface area contributed by atoms with Gasteiger partial charge in [-0.3, -0.25) is 9.79 Å². The summed E-state index contributed by atoms with van der Waals surface area (Å²) in [6.45, 7) is 8.19. The number of nitrogens with one attached hydrogen (secondary N) is 2. The minimum absolute atomic E-state index is 0.261. The summed E-state index contributed by atoms with van der Waals surface area (Å²) in [6.07, 6.45) is 1.52. The molecule has 1 heterocycles. The molecule has 2 atom stereocenters. The second kappa shape index (κ2) is 11.4. The number of hydrogen-bond donors (Lipinski definition) is 2. The van der Waals surface area contributed by atoms with Crippen molar-refractivity contribution in [1.29, 1.82) is 0 Å². The Kier molecular flexibility index (Phi) is 8.30. The highest BCUT2D eigenvalue weighted by molar-refractivity contribution is 5.81. The molecule has 0 aliphatic carbocycles. The van der Waals surface area contributed by atoms with Crippen molar-refractivity contribution in [2.24, 2.45) is 10.9 Å². The molecule has 2 N–H and O–H groups in total. The number of amides is 1. The zero-order valence-electron chi connectivity index (χ0n) is 18.2. The molecule has 1 aliphatic heterocycles. The van der Waals surface area contributed by atoms with Gasteiger partial charge in [-0.15, -0.1) is 0 Å². The first-order valence-electron chi connectivity index (χ1n) is 11.0. The summed E-state index contributed by atoms with van der Waals surface area (Å²) >= 11 is 0. The second-order valence-electron chi connectivity index (χ2n) is 8.06. The topological polar surface area (TPSA) is 56.7 Å². The number of carbonyl (C=O) groups excluding carboxylic acids is 1. The molecule has 0 radical (unpaired) electrons. The van der Waals surface area contributed by atoms with Gasteiger partial charge in [0.25, 0.3) is 0 Å². The minimum atomic E-state index is 0.261. The lowest BCUT2D eigenvalue weighted by Crippen LogP contribution is -2.40. The highest BCUT2D eigenvalue weighted by Gasteiger charge is 2.29. The molecule has 160 valence electrons. The van der Waals surface area contributed by atoms with E-state index in [1.807, 2.05) is 29.2 Å². The van der Waals surface area contributed by atoms with Crippen LogP contribution in [0.25, 0.3) is 0 Å². The monoisotopic (exact) mass is 406 g/mol. The smallest absolute Gasteiger partial charge is 0.223 e. The van der Waals surface area contributed by atoms with Gasteiger partial charge in [-0.1, -0.05) is 67.6 Å². The molecule has 1 fully saturated rings. The average Bonchev–Trinajstić information content (AvgIpc) is 3.14. The largest absolute Gasteiger partial charge is 0.357 e. The number of hydrogen-bond acceptors (Lipinski definition) is 2. The van der Waals surface area contributed by atoms with Gasteiger partial charge < -0.3 is 15.5 Å². The number of likely N-dealkylation sites (tertiary alicyclic amines) is 1. The fraction of sp³-hybridized carbons (Fsp3) is 0.440. The normalized spacial score (nSPS) is 17.8. The molecule has 1 saturated heterocycles. The SMILES string of the molecule is CCNC(=NCC(C)c1ccccc1)NCC1CC(=O)N(CCc2ccccc2)C1. The number of rotatable bonds is 9. The Balaban J connectivity index is 1.46. The van der Waals surface area contributed by atoms with Crippen LogP contribution in [0.15, 0.2) is 65.7 Å². The molecule has 5 heteroatoms. The van der Waals surface area contributed by atoms with Crippen molar-refractivity contribution in [2.45, 2.75) is 32.6 Å². The molecular weight excluding hydrogens is 372 g/mol. The van der Waals surface area contributed by atoms with E-state index in [1.165, 1.54) is 11.1 Å². The molecule has 2 unspecified atom stereocenters. The maximum absolute atomic E-state index is 12.4. The first-order valence-corrected chi connectivity index (χ1v) is 11.0. The highest BCUT2D eigenvalue weighted by Crippen LogP contribution is 2.18. The van der Waals surface area contributed by atoms with Crippen molar-refractivity contribution >= 4 is 11.9 Å². The van der Waals surface area contributed by atoms with Gasteiger partial charge in [0.2, 0.25) is 5.91 Å². The van der Waals surface area contributed by atoms with E-state index >= 15 is 0 Å². The zero-order chi connectivity index (χ0) is 21.2. The van der Waals surface area contributed by atoms with Crippen LogP contribution < -0.4 is 10.6 Å². The van der Waals surface area contributed by atoms with Crippen LogP contribution in [0.1, 0.15) is 37.3 Å². The predicted octanol–water partition coefficient (Wildman–Crippen LogP) is 3.44. The Hall–Kier alpha value is -2.82. The first-order chi connectivity index (χ1) is 14.7. The van der Waals surface area contributed by atoms with Gasteiger partial charge in [0.1, 0.15) is 0 Å². The molecule has 0 bridgehead atoms. The van der Waals surface area contributed by atoms with Gasteiger partial charge >= 0.3 is 0 Å². The van der Waals surface area contributed by atoms with E-state index in [-0.39, 0.29) is 5.91 Å². The van der Waals surface area contributed by atoms with Crippen LogP contribution in [0.4, 0.5) is 0 Å². The maximum atomic E-state index is 12.4. The lowest BCUT2D eigenvalue weighted by Gasteiger charge is -2.18. The van der Waals surface area contributed by atoms with E-state index in [0.717, 1.165) is 45.1 Å². The molecular formula is C25H34N4O.